The first kappa shape index (κ1) is 18.8. The van der Waals surface area contributed by atoms with E-state index in [0.717, 1.165) is 36.0 Å². The van der Waals surface area contributed by atoms with Gasteiger partial charge in [0.05, 0.1) is 6.54 Å². The molecule has 3 heteroatoms. The van der Waals surface area contributed by atoms with Gasteiger partial charge in [0.2, 0.25) is 5.91 Å². The lowest BCUT2D eigenvalue weighted by Crippen LogP contribution is -2.55. The number of hydrogen-bond donors (Lipinski definition) is 2. The summed E-state index contributed by atoms with van der Waals surface area (Å²) in [5.74, 6) is 4.69. The molecule has 4 fully saturated rings. The molecule has 0 bridgehead atoms. The Morgan fingerprint density at radius 1 is 1.00 bits per heavy atom. The van der Waals surface area contributed by atoms with Gasteiger partial charge >= 0.3 is 0 Å². The van der Waals surface area contributed by atoms with Crippen molar-refractivity contribution in [2.75, 3.05) is 6.54 Å². The molecule has 4 rings (SSSR count). The molecule has 0 aromatic rings. The zero-order valence-electron chi connectivity index (χ0n) is 17.2. The molecule has 0 saturated heterocycles. The summed E-state index contributed by atoms with van der Waals surface area (Å²) in [6.45, 7) is 7.80. The molecule has 1 amide bonds. The van der Waals surface area contributed by atoms with E-state index in [-0.39, 0.29) is 12.5 Å². The molecule has 0 spiro atoms. The van der Waals surface area contributed by atoms with Crippen molar-refractivity contribution in [2.24, 2.45) is 46.2 Å². The van der Waals surface area contributed by atoms with Gasteiger partial charge in [0.15, 0.2) is 0 Å². The molecule has 4 aliphatic carbocycles. The second-order valence-corrected chi connectivity index (χ2v) is 10.6. The van der Waals surface area contributed by atoms with Crippen LogP contribution < -0.4 is 11.1 Å². The maximum absolute atomic E-state index is 11.7. The van der Waals surface area contributed by atoms with Gasteiger partial charge in [-0.3, -0.25) is 4.79 Å². The van der Waals surface area contributed by atoms with Crippen molar-refractivity contribution in [1.29, 1.82) is 0 Å². The molecule has 4 saturated carbocycles. The van der Waals surface area contributed by atoms with Crippen LogP contribution in [0.3, 0.4) is 0 Å². The fourth-order valence-corrected chi connectivity index (χ4v) is 8.46. The molecular formula is C23H40N2O. The first-order valence-electron chi connectivity index (χ1n) is 11.4. The highest BCUT2D eigenvalue weighted by Gasteiger charge is 2.59. The van der Waals surface area contributed by atoms with E-state index in [2.05, 4.69) is 26.1 Å². The Labute approximate surface area is 160 Å². The smallest absolute Gasteiger partial charge is 0.233 e. The van der Waals surface area contributed by atoms with E-state index < -0.39 is 0 Å². The van der Waals surface area contributed by atoms with E-state index in [4.69, 9.17) is 5.73 Å². The van der Waals surface area contributed by atoms with Crippen LogP contribution in [0.2, 0.25) is 0 Å². The van der Waals surface area contributed by atoms with Gasteiger partial charge < -0.3 is 11.1 Å². The summed E-state index contributed by atoms with van der Waals surface area (Å²) in [7, 11) is 0. The quantitative estimate of drug-likeness (QED) is 0.778. The number of fused-ring (bicyclic) bond motifs is 5. The van der Waals surface area contributed by atoms with Gasteiger partial charge in [-0.2, -0.15) is 0 Å². The number of carbonyl (C=O) groups excluding carboxylic acids is 1. The third-order valence-electron chi connectivity index (χ3n) is 9.91. The van der Waals surface area contributed by atoms with E-state index in [1.54, 1.807) is 0 Å². The van der Waals surface area contributed by atoms with E-state index >= 15 is 0 Å². The lowest BCUT2D eigenvalue weighted by Gasteiger charge is -2.61. The van der Waals surface area contributed by atoms with Crippen molar-refractivity contribution in [3.8, 4) is 0 Å². The first-order chi connectivity index (χ1) is 12.4. The van der Waals surface area contributed by atoms with Crippen LogP contribution in [0.25, 0.3) is 0 Å². The summed E-state index contributed by atoms with van der Waals surface area (Å²) in [5, 5.41) is 3.18. The molecule has 0 radical (unpaired) electrons. The Bertz CT molecular complexity index is 548. The van der Waals surface area contributed by atoms with Gasteiger partial charge in [-0.1, -0.05) is 27.2 Å². The number of hydrogen-bond acceptors (Lipinski definition) is 2. The van der Waals surface area contributed by atoms with E-state index in [1.165, 1.54) is 57.8 Å². The summed E-state index contributed by atoms with van der Waals surface area (Å²) >= 11 is 0. The highest BCUT2D eigenvalue weighted by molar-refractivity contribution is 5.78. The maximum atomic E-state index is 11.7. The molecule has 0 heterocycles. The molecule has 148 valence electrons. The molecule has 0 aromatic carbocycles. The first-order valence-corrected chi connectivity index (χ1v) is 11.4. The zero-order valence-corrected chi connectivity index (χ0v) is 17.2. The second-order valence-electron chi connectivity index (χ2n) is 10.6. The van der Waals surface area contributed by atoms with Crippen molar-refractivity contribution in [1.82, 2.24) is 5.32 Å². The van der Waals surface area contributed by atoms with Crippen molar-refractivity contribution in [3.05, 3.63) is 0 Å². The Kier molecular flexibility index (Phi) is 4.91. The van der Waals surface area contributed by atoms with Crippen LogP contribution in [0.4, 0.5) is 0 Å². The molecule has 8 atom stereocenters. The highest BCUT2D eigenvalue weighted by atomic mass is 16.1. The van der Waals surface area contributed by atoms with Gasteiger partial charge in [0, 0.05) is 6.04 Å². The van der Waals surface area contributed by atoms with Gasteiger partial charge in [-0.25, -0.2) is 0 Å². The maximum Gasteiger partial charge on any atom is 0.233 e. The molecule has 0 aromatic heterocycles. The minimum absolute atomic E-state index is 0.0253. The molecule has 0 aliphatic heterocycles. The Morgan fingerprint density at radius 2 is 1.73 bits per heavy atom. The summed E-state index contributed by atoms with van der Waals surface area (Å²) < 4.78 is 0. The van der Waals surface area contributed by atoms with Crippen molar-refractivity contribution in [3.63, 3.8) is 0 Å². The lowest BCUT2D eigenvalue weighted by molar-refractivity contribution is -0.126. The normalized spacial score (nSPS) is 50.5. The van der Waals surface area contributed by atoms with Crippen LogP contribution in [0.15, 0.2) is 0 Å². The monoisotopic (exact) mass is 360 g/mol. The molecule has 26 heavy (non-hydrogen) atoms. The predicted octanol–water partition coefficient (Wildman–Crippen LogP) is 4.50. The van der Waals surface area contributed by atoms with E-state index in [0.29, 0.717) is 16.9 Å². The summed E-state index contributed by atoms with van der Waals surface area (Å²) in [5.41, 5.74) is 6.65. The van der Waals surface area contributed by atoms with Gasteiger partial charge in [-0.05, 0) is 98.2 Å². The average Bonchev–Trinajstić information content (AvgIpc) is 2.98. The van der Waals surface area contributed by atoms with Crippen LogP contribution in [0.1, 0.15) is 85.0 Å². The molecule has 3 N–H and O–H groups in total. The molecule has 4 unspecified atom stereocenters. The summed E-state index contributed by atoms with van der Waals surface area (Å²) in [6.07, 6.45) is 13.7. The van der Waals surface area contributed by atoms with Crippen LogP contribution >= 0.6 is 0 Å². The standard InChI is InChI=1S/C23H40N2O/c1-4-15-6-8-19-18-7-5-16-13-17(25-21(26)14-24)9-11-23(16,3)20(18)10-12-22(15,19)2/h15-20H,4-14,24H2,1-3H3,(H,25,26)/t15-,16?,17+,18?,19?,20?,22+,23-/m0/s1. The van der Waals surface area contributed by atoms with E-state index in [1.807, 2.05) is 0 Å². The number of nitrogens with two attached hydrogens (primary N) is 1. The molecule has 3 nitrogen and oxygen atoms in total. The Morgan fingerprint density at radius 3 is 2.46 bits per heavy atom. The second kappa shape index (κ2) is 6.79. The average molecular weight is 361 g/mol. The molecular weight excluding hydrogens is 320 g/mol. The summed E-state index contributed by atoms with van der Waals surface area (Å²) in [4.78, 5) is 11.7. The fraction of sp³-hybridized carbons (Fsp3) is 0.957. The Hall–Kier alpha value is -0.570. The van der Waals surface area contributed by atoms with Crippen LogP contribution in [-0.4, -0.2) is 18.5 Å². The van der Waals surface area contributed by atoms with E-state index in [9.17, 15) is 4.79 Å². The predicted molar refractivity (Wildman–Crippen MR) is 106 cm³/mol. The van der Waals surface area contributed by atoms with Crippen LogP contribution in [-0.2, 0) is 4.79 Å². The summed E-state index contributed by atoms with van der Waals surface area (Å²) in [6, 6.07) is 0.366. The largest absolute Gasteiger partial charge is 0.352 e. The minimum atomic E-state index is 0.0253. The number of nitrogens with one attached hydrogen (secondary N) is 1. The lowest BCUT2D eigenvalue weighted by atomic mass is 9.44. The highest BCUT2D eigenvalue weighted by Crippen LogP contribution is 2.67. The van der Waals surface area contributed by atoms with Crippen molar-refractivity contribution in [2.45, 2.75) is 91.0 Å². The number of amides is 1. The Balaban J connectivity index is 1.50. The fourth-order valence-electron chi connectivity index (χ4n) is 8.46. The topological polar surface area (TPSA) is 55.1 Å². The van der Waals surface area contributed by atoms with Crippen LogP contribution in [0, 0.1) is 40.4 Å². The SMILES string of the molecule is CC[C@H]1CCC2C3CCC4C[C@H](NC(=O)CN)CC[C@]4(C)C3CC[C@@]21C. The third kappa shape index (κ3) is 2.75. The van der Waals surface area contributed by atoms with Crippen molar-refractivity contribution < 1.29 is 4.79 Å². The van der Waals surface area contributed by atoms with Gasteiger partial charge in [0.1, 0.15) is 0 Å². The minimum Gasteiger partial charge on any atom is -0.352 e. The van der Waals surface area contributed by atoms with Gasteiger partial charge in [0.25, 0.3) is 0 Å². The number of carbonyl (C=O) groups is 1. The molecule has 4 aliphatic rings. The zero-order chi connectivity index (χ0) is 18.5. The van der Waals surface area contributed by atoms with Gasteiger partial charge in [-0.15, -0.1) is 0 Å². The third-order valence-corrected chi connectivity index (χ3v) is 9.91. The van der Waals surface area contributed by atoms with Crippen molar-refractivity contribution >= 4 is 5.91 Å². The number of rotatable bonds is 3. The van der Waals surface area contributed by atoms with Crippen LogP contribution in [0.5, 0.6) is 0 Å².